The summed E-state index contributed by atoms with van der Waals surface area (Å²) >= 11 is 3.05. The number of carbonyl (C=O) groups is 1. The van der Waals surface area contributed by atoms with Crippen LogP contribution in [0.15, 0.2) is 34.8 Å². The first-order chi connectivity index (χ1) is 8.90. The number of halogens is 4. The van der Waals surface area contributed by atoms with Crippen molar-refractivity contribution in [3.05, 3.63) is 68.9 Å². The highest BCUT2D eigenvalue weighted by atomic mass is 79.9. The van der Waals surface area contributed by atoms with E-state index in [1.807, 2.05) is 0 Å². The lowest BCUT2D eigenvalue weighted by atomic mass is 10.0. The van der Waals surface area contributed by atoms with Gasteiger partial charge in [0.25, 0.3) is 0 Å². The van der Waals surface area contributed by atoms with Gasteiger partial charge in [-0.3, -0.25) is 4.79 Å². The maximum Gasteiger partial charge on any atom is 0.197 e. The predicted molar refractivity (Wildman–Crippen MR) is 68.6 cm³/mol. The molecule has 0 atom stereocenters. The molecule has 0 spiro atoms. The number of ketones is 1. The van der Waals surface area contributed by atoms with E-state index in [0.29, 0.717) is 6.07 Å². The van der Waals surface area contributed by atoms with Crippen LogP contribution in [0.3, 0.4) is 0 Å². The molecule has 0 saturated heterocycles. The smallest absolute Gasteiger partial charge is 0.197 e. The van der Waals surface area contributed by atoms with E-state index < -0.39 is 23.2 Å². The van der Waals surface area contributed by atoms with Crippen LogP contribution in [-0.2, 0) is 0 Å². The Morgan fingerprint density at radius 3 is 2.32 bits per heavy atom. The Hall–Kier alpha value is -1.62. The zero-order chi connectivity index (χ0) is 14.2. The number of aryl methyl sites for hydroxylation is 1. The van der Waals surface area contributed by atoms with Crippen LogP contribution in [0, 0.1) is 24.4 Å². The van der Waals surface area contributed by atoms with Gasteiger partial charge in [0.1, 0.15) is 17.5 Å². The van der Waals surface area contributed by atoms with Crippen molar-refractivity contribution in [1.29, 1.82) is 0 Å². The summed E-state index contributed by atoms with van der Waals surface area (Å²) in [5.74, 6) is -2.80. The summed E-state index contributed by atoms with van der Waals surface area (Å²) < 4.78 is 39.9. The molecular formula is C14H8BrF3O. The fourth-order valence-electron chi connectivity index (χ4n) is 1.65. The highest BCUT2D eigenvalue weighted by Crippen LogP contribution is 2.23. The van der Waals surface area contributed by atoms with Crippen molar-refractivity contribution in [3.63, 3.8) is 0 Å². The molecule has 0 bridgehead atoms. The second-order valence-corrected chi connectivity index (χ2v) is 4.89. The summed E-state index contributed by atoms with van der Waals surface area (Å²) in [6.07, 6.45) is 0. The predicted octanol–water partition coefficient (Wildman–Crippen LogP) is 4.41. The van der Waals surface area contributed by atoms with Gasteiger partial charge in [0, 0.05) is 16.1 Å². The number of benzene rings is 2. The third-order valence-corrected chi connectivity index (χ3v) is 3.32. The summed E-state index contributed by atoms with van der Waals surface area (Å²) in [6, 6.07) is 5.27. The van der Waals surface area contributed by atoms with Crippen LogP contribution in [0.4, 0.5) is 13.2 Å². The Morgan fingerprint density at radius 2 is 1.68 bits per heavy atom. The summed E-state index contributed by atoms with van der Waals surface area (Å²) in [5.41, 5.74) is 0.0421. The Labute approximate surface area is 116 Å². The molecule has 0 saturated carbocycles. The Morgan fingerprint density at radius 1 is 1.00 bits per heavy atom. The van der Waals surface area contributed by atoms with Gasteiger partial charge in [0.2, 0.25) is 0 Å². The summed E-state index contributed by atoms with van der Waals surface area (Å²) in [4.78, 5) is 12.1. The molecule has 0 N–H and O–H groups in total. The molecule has 0 aliphatic heterocycles. The molecule has 0 radical (unpaired) electrons. The van der Waals surface area contributed by atoms with E-state index in [9.17, 15) is 18.0 Å². The molecule has 2 rings (SSSR count). The van der Waals surface area contributed by atoms with Crippen molar-refractivity contribution >= 4 is 21.7 Å². The normalized spacial score (nSPS) is 10.6. The SMILES string of the molecule is Cc1cc(C(=O)c2ccc(F)cc2Br)c(F)cc1F. The molecule has 0 aliphatic carbocycles. The van der Waals surface area contributed by atoms with Crippen molar-refractivity contribution in [3.8, 4) is 0 Å². The van der Waals surface area contributed by atoms with E-state index in [2.05, 4.69) is 15.9 Å². The van der Waals surface area contributed by atoms with E-state index in [-0.39, 0.29) is 21.2 Å². The largest absolute Gasteiger partial charge is 0.288 e. The Balaban J connectivity index is 2.53. The van der Waals surface area contributed by atoms with E-state index in [0.717, 1.165) is 18.2 Å². The minimum Gasteiger partial charge on any atom is -0.288 e. The quantitative estimate of drug-likeness (QED) is 0.746. The second kappa shape index (κ2) is 5.17. The topological polar surface area (TPSA) is 17.1 Å². The average molecular weight is 329 g/mol. The van der Waals surface area contributed by atoms with Gasteiger partial charge in [0.05, 0.1) is 5.56 Å². The van der Waals surface area contributed by atoms with Crippen molar-refractivity contribution in [2.45, 2.75) is 6.92 Å². The molecule has 1 nitrogen and oxygen atoms in total. The minimum atomic E-state index is -0.940. The molecule has 0 unspecified atom stereocenters. The van der Waals surface area contributed by atoms with E-state index in [1.54, 1.807) is 0 Å². The van der Waals surface area contributed by atoms with Gasteiger partial charge in [-0.25, -0.2) is 13.2 Å². The highest BCUT2D eigenvalue weighted by Gasteiger charge is 2.18. The van der Waals surface area contributed by atoms with Crippen LogP contribution in [0.1, 0.15) is 21.5 Å². The molecule has 0 amide bonds. The summed E-state index contributed by atoms with van der Waals surface area (Å²) in [6.45, 7) is 1.44. The summed E-state index contributed by atoms with van der Waals surface area (Å²) in [7, 11) is 0. The van der Waals surface area contributed by atoms with Crippen molar-refractivity contribution in [2.24, 2.45) is 0 Å². The maximum atomic E-state index is 13.6. The van der Waals surface area contributed by atoms with Crippen LogP contribution in [0.25, 0.3) is 0 Å². The van der Waals surface area contributed by atoms with E-state index >= 15 is 0 Å². The number of hydrogen-bond donors (Lipinski definition) is 0. The standard InChI is InChI=1S/C14H8BrF3O/c1-7-4-10(13(18)6-12(7)17)14(19)9-3-2-8(16)5-11(9)15/h2-6H,1H3. The lowest BCUT2D eigenvalue weighted by Crippen LogP contribution is -2.07. The van der Waals surface area contributed by atoms with Crippen molar-refractivity contribution in [1.82, 2.24) is 0 Å². The van der Waals surface area contributed by atoms with Crippen LogP contribution in [0.5, 0.6) is 0 Å². The maximum absolute atomic E-state index is 13.6. The molecule has 0 heterocycles. The molecule has 2 aromatic rings. The van der Waals surface area contributed by atoms with Crippen LogP contribution >= 0.6 is 15.9 Å². The first kappa shape index (κ1) is 13.8. The van der Waals surface area contributed by atoms with Gasteiger partial charge in [-0.05, 0) is 52.7 Å². The third kappa shape index (κ3) is 2.71. The number of hydrogen-bond acceptors (Lipinski definition) is 1. The van der Waals surface area contributed by atoms with Gasteiger partial charge >= 0.3 is 0 Å². The van der Waals surface area contributed by atoms with Gasteiger partial charge < -0.3 is 0 Å². The molecule has 98 valence electrons. The first-order valence-electron chi connectivity index (χ1n) is 5.35. The zero-order valence-electron chi connectivity index (χ0n) is 9.81. The van der Waals surface area contributed by atoms with Crippen molar-refractivity contribution in [2.75, 3.05) is 0 Å². The fraction of sp³-hybridized carbons (Fsp3) is 0.0714. The molecular weight excluding hydrogens is 321 g/mol. The van der Waals surface area contributed by atoms with Gasteiger partial charge in [-0.1, -0.05) is 0 Å². The van der Waals surface area contributed by atoms with Gasteiger partial charge in [-0.2, -0.15) is 0 Å². The molecule has 2 aromatic carbocycles. The summed E-state index contributed by atoms with van der Waals surface area (Å²) in [5, 5.41) is 0. The lowest BCUT2D eigenvalue weighted by Gasteiger charge is -2.07. The lowest BCUT2D eigenvalue weighted by molar-refractivity contribution is 0.103. The third-order valence-electron chi connectivity index (χ3n) is 2.67. The second-order valence-electron chi connectivity index (χ2n) is 4.03. The van der Waals surface area contributed by atoms with Gasteiger partial charge in [-0.15, -0.1) is 0 Å². The zero-order valence-corrected chi connectivity index (χ0v) is 11.4. The molecule has 0 fully saturated rings. The minimum absolute atomic E-state index is 0.117. The fourth-order valence-corrected chi connectivity index (χ4v) is 2.18. The number of rotatable bonds is 2. The Bertz CT molecular complexity index is 668. The molecule has 5 heteroatoms. The Kier molecular flexibility index (Phi) is 3.75. The molecule has 19 heavy (non-hydrogen) atoms. The molecule has 0 aromatic heterocycles. The van der Waals surface area contributed by atoms with Crippen molar-refractivity contribution < 1.29 is 18.0 Å². The average Bonchev–Trinajstić information content (AvgIpc) is 2.33. The van der Waals surface area contributed by atoms with Crippen LogP contribution in [-0.4, -0.2) is 5.78 Å². The molecule has 0 aliphatic rings. The number of carbonyl (C=O) groups excluding carboxylic acids is 1. The first-order valence-corrected chi connectivity index (χ1v) is 6.15. The monoisotopic (exact) mass is 328 g/mol. The van der Waals surface area contributed by atoms with E-state index in [1.165, 1.54) is 13.0 Å². The van der Waals surface area contributed by atoms with Crippen LogP contribution < -0.4 is 0 Å². The highest BCUT2D eigenvalue weighted by molar-refractivity contribution is 9.10. The van der Waals surface area contributed by atoms with Crippen LogP contribution in [0.2, 0.25) is 0 Å². The van der Waals surface area contributed by atoms with E-state index in [4.69, 9.17) is 0 Å². The van der Waals surface area contributed by atoms with Gasteiger partial charge in [0.15, 0.2) is 5.78 Å².